The topological polar surface area (TPSA) is 29.5 Å². The number of nitrogens with zero attached hydrogens (tertiary/aromatic N) is 1. The maximum absolute atomic E-state index is 11.2. The standard InChI is InChI=1S/C10H17NO2/c1-5-6-7-9(2)8-10(12)11(3)13-4/h5,8H,1,6-7H2,2-4H3/b9-8+. The predicted octanol–water partition coefficient (Wildman–Crippen LogP) is 1.92. The van der Waals surface area contributed by atoms with Gasteiger partial charge in [0.1, 0.15) is 0 Å². The molecule has 0 aliphatic heterocycles. The number of rotatable bonds is 5. The van der Waals surface area contributed by atoms with Gasteiger partial charge in [-0.2, -0.15) is 0 Å². The minimum Gasteiger partial charge on any atom is -0.274 e. The number of hydroxylamine groups is 2. The third-order valence-corrected chi connectivity index (χ3v) is 1.70. The Morgan fingerprint density at radius 2 is 2.23 bits per heavy atom. The molecule has 0 saturated carbocycles. The van der Waals surface area contributed by atoms with E-state index in [1.807, 2.05) is 13.0 Å². The molecule has 0 fully saturated rings. The number of allylic oxidation sites excluding steroid dienone is 2. The Balaban J connectivity index is 4.05. The van der Waals surface area contributed by atoms with Gasteiger partial charge in [0.05, 0.1) is 7.11 Å². The van der Waals surface area contributed by atoms with E-state index in [-0.39, 0.29) is 5.91 Å². The molecule has 0 aromatic heterocycles. The Bertz CT molecular complexity index is 209. The molecule has 74 valence electrons. The largest absolute Gasteiger partial charge is 0.274 e. The fourth-order valence-corrected chi connectivity index (χ4v) is 0.794. The summed E-state index contributed by atoms with van der Waals surface area (Å²) >= 11 is 0. The van der Waals surface area contributed by atoms with Crippen molar-refractivity contribution in [1.82, 2.24) is 5.06 Å². The zero-order valence-electron chi connectivity index (χ0n) is 8.54. The van der Waals surface area contributed by atoms with Gasteiger partial charge in [-0.05, 0) is 19.8 Å². The average molecular weight is 183 g/mol. The smallest absolute Gasteiger partial charge is 0.269 e. The molecular formula is C10H17NO2. The number of carbonyl (C=O) groups is 1. The maximum atomic E-state index is 11.2. The maximum Gasteiger partial charge on any atom is 0.269 e. The predicted molar refractivity (Wildman–Crippen MR) is 53.0 cm³/mol. The summed E-state index contributed by atoms with van der Waals surface area (Å²) in [6.07, 6.45) is 5.17. The van der Waals surface area contributed by atoms with Crippen molar-refractivity contribution >= 4 is 5.91 Å². The molecule has 0 aliphatic rings. The van der Waals surface area contributed by atoms with E-state index in [1.54, 1.807) is 13.1 Å². The van der Waals surface area contributed by atoms with Crippen molar-refractivity contribution in [2.45, 2.75) is 19.8 Å². The summed E-state index contributed by atoms with van der Waals surface area (Å²) in [5.41, 5.74) is 1.04. The molecule has 0 aromatic carbocycles. The summed E-state index contributed by atoms with van der Waals surface area (Å²) in [6, 6.07) is 0. The molecule has 0 aromatic rings. The average Bonchev–Trinajstić information content (AvgIpc) is 2.13. The first-order valence-electron chi connectivity index (χ1n) is 4.21. The van der Waals surface area contributed by atoms with Crippen molar-refractivity contribution in [2.24, 2.45) is 0 Å². The summed E-state index contributed by atoms with van der Waals surface area (Å²) < 4.78 is 0. The molecule has 0 atom stereocenters. The Hall–Kier alpha value is -1.09. The lowest BCUT2D eigenvalue weighted by molar-refractivity contribution is -0.162. The lowest BCUT2D eigenvalue weighted by Gasteiger charge is -2.11. The van der Waals surface area contributed by atoms with Crippen LogP contribution in [0.3, 0.4) is 0 Å². The quantitative estimate of drug-likeness (QED) is 0.370. The number of hydrogen-bond donors (Lipinski definition) is 0. The van der Waals surface area contributed by atoms with E-state index in [1.165, 1.54) is 12.2 Å². The molecule has 3 heteroatoms. The number of likely N-dealkylation sites (N-methyl/N-ethyl adjacent to an activating group) is 1. The van der Waals surface area contributed by atoms with Crippen LogP contribution in [-0.2, 0) is 9.63 Å². The second-order valence-corrected chi connectivity index (χ2v) is 2.84. The molecule has 0 unspecified atom stereocenters. The van der Waals surface area contributed by atoms with Crippen molar-refractivity contribution < 1.29 is 9.63 Å². The van der Waals surface area contributed by atoms with Gasteiger partial charge in [-0.1, -0.05) is 11.6 Å². The molecule has 3 nitrogen and oxygen atoms in total. The van der Waals surface area contributed by atoms with E-state index >= 15 is 0 Å². The highest BCUT2D eigenvalue weighted by Gasteiger charge is 2.03. The Labute approximate surface area is 79.6 Å². The molecule has 0 aliphatic carbocycles. The van der Waals surface area contributed by atoms with E-state index in [0.29, 0.717) is 0 Å². The van der Waals surface area contributed by atoms with Gasteiger partial charge in [-0.25, -0.2) is 5.06 Å². The van der Waals surface area contributed by atoms with Gasteiger partial charge >= 0.3 is 0 Å². The second-order valence-electron chi connectivity index (χ2n) is 2.84. The zero-order valence-corrected chi connectivity index (χ0v) is 8.54. The van der Waals surface area contributed by atoms with Gasteiger partial charge < -0.3 is 0 Å². The molecule has 0 bridgehead atoms. The fraction of sp³-hybridized carbons (Fsp3) is 0.500. The van der Waals surface area contributed by atoms with Crippen LogP contribution in [0.5, 0.6) is 0 Å². The summed E-state index contributed by atoms with van der Waals surface area (Å²) in [4.78, 5) is 16.0. The Morgan fingerprint density at radius 1 is 1.62 bits per heavy atom. The van der Waals surface area contributed by atoms with Crippen LogP contribution in [-0.4, -0.2) is 25.1 Å². The monoisotopic (exact) mass is 183 g/mol. The minimum absolute atomic E-state index is 0.135. The highest BCUT2D eigenvalue weighted by Crippen LogP contribution is 2.04. The lowest BCUT2D eigenvalue weighted by atomic mass is 10.1. The Morgan fingerprint density at radius 3 is 2.69 bits per heavy atom. The van der Waals surface area contributed by atoms with Crippen molar-refractivity contribution in [2.75, 3.05) is 14.2 Å². The molecule has 13 heavy (non-hydrogen) atoms. The van der Waals surface area contributed by atoms with Crippen LogP contribution in [0.4, 0.5) is 0 Å². The van der Waals surface area contributed by atoms with Crippen LogP contribution in [0.25, 0.3) is 0 Å². The lowest BCUT2D eigenvalue weighted by Crippen LogP contribution is -2.23. The van der Waals surface area contributed by atoms with Gasteiger partial charge in [0.15, 0.2) is 0 Å². The van der Waals surface area contributed by atoms with Gasteiger partial charge in [-0.3, -0.25) is 9.63 Å². The SMILES string of the molecule is C=CCC/C(C)=C/C(=O)N(C)OC. The molecule has 0 spiro atoms. The third-order valence-electron chi connectivity index (χ3n) is 1.70. The summed E-state index contributed by atoms with van der Waals surface area (Å²) in [6.45, 7) is 5.54. The minimum atomic E-state index is -0.135. The molecule has 0 rings (SSSR count). The Kier molecular flexibility index (Phi) is 5.89. The molecule has 0 heterocycles. The molecule has 0 N–H and O–H groups in total. The van der Waals surface area contributed by atoms with E-state index in [0.717, 1.165) is 18.4 Å². The number of hydrogen-bond acceptors (Lipinski definition) is 2. The zero-order chi connectivity index (χ0) is 10.3. The molecular weight excluding hydrogens is 166 g/mol. The van der Waals surface area contributed by atoms with Gasteiger partial charge in [0.25, 0.3) is 5.91 Å². The highest BCUT2D eigenvalue weighted by atomic mass is 16.7. The van der Waals surface area contributed by atoms with E-state index in [2.05, 4.69) is 6.58 Å². The van der Waals surface area contributed by atoms with Gasteiger partial charge in [0, 0.05) is 13.1 Å². The first-order chi connectivity index (χ1) is 6.11. The van der Waals surface area contributed by atoms with Crippen LogP contribution in [0.1, 0.15) is 19.8 Å². The molecule has 0 saturated heterocycles. The van der Waals surface area contributed by atoms with Crippen molar-refractivity contribution in [1.29, 1.82) is 0 Å². The van der Waals surface area contributed by atoms with E-state index in [9.17, 15) is 4.79 Å². The number of carbonyl (C=O) groups excluding carboxylic acids is 1. The second kappa shape index (κ2) is 6.43. The number of amides is 1. The first-order valence-corrected chi connectivity index (χ1v) is 4.21. The highest BCUT2D eigenvalue weighted by molar-refractivity contribution is 5.87. The van der Waals surface area contributed by atoms with Crippen molar-refractivity contribution in [3.8, 4) is 0 Å². The summed E-state index contributed by atoms with van der Waals surface area (Å²) in [5.74, 6) is -0.135. The normalized spacial score (nSPS) is 11.2. The molecule has 1 amide bonds. The van der Waals surface area contributed by atoms with E-state index in [4.69, 9.17) is 4.84 Å². The summed E-state index contributed by atoms with van der Waals surface area (Å²) in [7, 11) is 3.05. The first kappa shape index (κ1) is 11.9. The van der Waals surface area contributed by atoms with Crippen molar-refractivity contribution in [3.63, 3.8) is 0 Å². The molecule has 0 radical (unpaired) electrons. The van der Waals surface area contributed by atoms with Gasteiger partial charge in [-0.15, -0.1) is 6.58 Å². The summed E-state index contributed by atoms with van der Waals surface area (Å²) in [5, 5.41) is 1.19. The van der Waals surface area contributed by atoms with Gasteiger partial charge in [0.2, 0.25) is 0 Å². The fourth-order valence-electron chi connectivity index (χ4n) is 0.794. The third kappa shape index (κ3) is 5.20. The van der Waals surface area contributed by atoms with Crippen molar-refractivity contribution in [3.05, 3.63) is 24.3 Å². The van der Waals surface area contributed by atoms with Crippen LogP contribution in [0.15, 0.2) is 24.3 Å². The van der Waals surface area contributed by atoms with Crippen LogP contribution in [0, 0.1) is 0 Å². The van der Waals surface area contributed by atoms with Crippen LogP contribution >= 0.6 is 0 Å². The van der Waals surface area contributed by atoms with Crippen LogP contribution < -0.4 is 0 Å². The van der Waals surface area contributed by atoms with E-state index < -0.39 is 0 Å². The van der Waals surface area contributed by atoms with Crippen LogP contribution in [0.2, 0.25) is 0 Å².